The molecular weight excluding hydrogens is 220 g/mol. The van der Waals surface area contributed by atoms with E-state index in [0.717, 1.165) is 12.4 Å². The number of benzene rings is 1. The highest BCUT2D eigenvalue weighted by atomic mass is 15.2. The van der Waals surface area contributed by atoms with Gasteiger partial charge in [0.25, 0.3) is 0 Å². The molecule has 18 heavy (non-hydrogen) atoms. The Morgan fingerprint density at radius 1 is 0.944 bits per heavy atom. The van der Waals surface area contributed by atoms with E-state index >= 15 is 0 Å². The van der Waals surface area contributed by atoms with Crippen LogP contribution < -0.4 is 4.90 Å². The molecule has 0 saturated carbocycles. The summed E-state index contributed by atoms with van der Waals surface area (Å²) in [5.74, 6) is 0.983. The second-order valence-electron chi connectivity index (χ2n) is 4.14. The van der Waals surface area contributed by atoms with E-state index in [-0.39, 0.29) is 0 Å². The number of anilines is 1. The fourth-order valence-corrected chi connectivity index (χ4v) is 2.11. The average molecular weight is 234 g/mol. The molecule has 0 bridgehead atoms. The Hall–Kier alpha value is -2.35. The third-order valence-electron chi connectivity index (χ3n) is 2.96. The molecule has 2 nitrogen and oxygen atoms in total. The monoisotopic (exact) mass is 234 g/mol. The van der Waals surface area contributed by atoms with Crippen molar-refractivity contribution in [3.63, 3.8) is 0 Å². The maximum atomic E-state index is 4.43. The predicted molar refractivity (Wildman–Crippen MR) is 75.1 cm³/mol. The first-order valence-corrected chi connectivity index (χ1v) is 6.06. The van der Waals surface area contributed by atoms with Crippen molar-refractivity contribution in [3.8, 4) is 0 Å². The Bertz CT molecular complexity index is 571. The lowest BCUT2D eigenvalue weighted by Crippen LogP contribution is -2.24. The molecule has 2 heteroatoms. The van der Waals surface area contributed by atoms with Crippen LogP contribution in [0.1, 0.15) is 5.56 Å². The Labute approximate surface area is 107 Å². The summed E-state index contributed by atoms with van der Waals surface area (Å²) in [5, 5.41) is 0. The molecule has 2 aromatic rings. The number of rotatable bonds is 2. The smallest absolute Gasteiger partial charge is 0.133 e. The van der Waals surface area contributed by atoms with Gasteiger partial charge in [0, 0.05) is 18.4 Å². The second-order valence-corrected chi connectivity index (χ2v) is 4.14. The van der Waals surface area contributed by atoms with Crippen LogP contribution in [0, 0.1) is 0 Å². The van der Waals surface area contributed by atoms with Crippen LogP contribution in [-0.2, 0) is 0 Å². The Morgan fingerprint density at radius 2 is 1.78 bits per heavy atom. The highest BCUT2D eigenvalue weighted by Crippen LogP contribution is 2.26. The van der Waals surface area contributed by atoms with Crippen LogP contribution in [0.4, 0.5) is 5.82 Å². The van der Waals surface area contributed by atoms with Gasteiger partial charge in [-0.3, -0.25) is 0 Å². The molecule has 0 amide bonds. The largest absolute Gasteiger partial charge is 0.322 e. The van der Waals surface area contributed by atoms with Crippen LogP contribution in [0.5, 0.6) is 0 Å². The van der Waals surface area contributed by atoms with E-state index in [1.165, 1.54) is 11.3 Å². The van der Waals surface area contributed by atoms with Crippen LogP contribution in [0.2, 0.25) is 0 Å². The van der Waals surface area contributed by atoms with Gasteiger partial charge in [-0.25, -0.2) is 4.98 Å². The first-order chi connectivity index (χ1) is 8.95. The zero-order chi connectivity index (χ0) is 12.2. The van der Waals surface area contributed by atoms with Crippen molar-refractivity contribution in [2.75, 3.05) is 11.4 Å². The van der Waals surface area contributed by atoms with Crippen molar-refractivity contribution in [3.05, 3.63) is 78.5 Å². The minimum atomic E-state index is 0.859. The summed E-state index contributed by atoms with van der Waals surface area (Å²) >= 11 is 0. The Balaban J connectivity index is 2.01. The molecular formula is C16H14N2. The first kappa shape index (κ1) is 10.8. The molecule has 0 N–H and O–H groups in total. The van der Waals surface area contributed by atoms with Crippen LogP contribution in [0.15, 0.2) is 73.0 Å². The van der Waals surface area contributed by atoms with Crippen molar-refractivity contribution in [2.24, 2.45) is 0 Å². The summed E-state index contributed by atoms with van der Waals surface area (Å²) < 4.78 is 0. The van der Waals surface area contributed by atoms with E-state index in [9.17, 15) is 0 Å². The van der Waals surface area contributed by atoms with Gasteiger partial charge in [0.05, 0.1) is 0 Å². The van der Waals surface area contributed by atoms with Crippen LogP contribution in [0.3, 0.4) is 0 Å². The van der Waals surface area contributed by atoms with Gasteiger partial charge in [0.2, 0.25) is 0 Å². The molecule has 1 aliphatic rings. The second kappa shape index (κ2) is 4.88. The van der Waals surface area contributed by atoms with E-state index in [1.54, 1.807) is 0 Å². The van der Waals surface area contributed by atoms with Crippen LogP contribution in [-0.4, -0.2) is 11.5 Å². The maximum Gasteiger partial charge on any atom is 0.133 e. The number of nitrogens with zero attached hydrogens (tertiary/aromatic N) is 2. The molecule has 0 saturated heterocycles. The van der Waals surface area contributed by atoms with E-state index in [4.69, 9.17) is 0 Å². The van der Waals surface area contributed by atoms with Crippen molar-refractivity contribution in [2.45, 2.75) is 0 Å². The Morgan fingerprint density at radius 3 is 2.56 bits per heavy atom. The standard InChI is InChI=1S/C16H14N2/c1-2-8-14(9-3-1)15-10-5-7-13-18(15)16-11-4-6-12-17-16/h1-12H,13H2. The fraction of sp³-hybridized carbons (Fsp3) is 0.0625. The summed E-state index contributed by atoms with van der Waals surface area (Å²) in [6.07, 6.45) is 8.20. The molecule has 0 unspecified atom stereocenters. The highest BCUT2D eigenvalue weighted by molar-refractivity contribution is 5.80. The van der Waals surface area contributed by atoms with E-state index in [1.807, 2.05) is 30.5 Å². The van der Waals surface area contributed by atoms with Crippen LogP contribution >= 0.6 is 0 Å². The molecule has 0 spiro atoms. The molecule has 0 fully saturated rings. The van der Waals surface area contributed by atoms with Gasteiger partial charge in [-0.1, -0.05) is 48.6 Å². The average Bonchev–Trinajstić information content (AvgIpc) is 2.49. The zero-order valence-corrected chi connectivity index (χ0v) is 10.0. The van der Waals surface area contributed by atoms with Gasteiger partial charge < -0.3 is 4.90 Å². The third-order valence-corrected chi connectivity index (χ3v) is 2.96. The molecule has 1 aromatic heterocycles. The number of hydrogen-bond donors (Lipinski definition) is 0. The lowest BCUT2D eigenvalue weighted by atomic mass is 10.1. The van der Waals surface area contributed by atoms with Gasteiger partial charge in [0.15, 0.2) is 0 Å². The lowest BCUT2D eigenvalue weighted by molar-refractivity contribution is 1.04. The van der Waals surface area contributed by atoms with Gasteiger partial charge in [0.1, 0.15) is 5.82 Å². The summed E-state index contributed by atoms with van der Waals surface area (Å²) in [6.45, 7) is 0.859. The number of allylic oxidation sites excluding steroid dienone is 2. The predicted octanol–water partition coefficient (Wildman–Crippen LogP) is 3.50. The molecule has 0 atom stereocenters. The Kier molecular flexibility index (Phi) is 2.92. The number of hydrogen-bond acceptors (Lipinski definition) is 2. The van der Waals surface area contributed by atoms with Crippen molar-refractivity contribution >= 4 is 11.5 Å². The minimum absolute atomic E-state index is 0.859. The summed E-state index contributed by atoms with van der Waals surface area (Å²) in [5.41, 5.74) is 2.41. The molecule has 0 aliphatic carbocycles. The van der Waals surface area contributed by atoms with E-state index < -0.39 is 0 Å². The SMILES string of the molecule is C1=CCN(c2ccccn2)C(c2ccccc2)=C1. The normalized spacial score (nSPS) is 14.4. The number of pyridine rings is 1. The lowest BCUT2D eigenvalue weighted by Gasteiger charge is -2.27. The van der Waals surface area contributed by atoms with Crippen molar-refractivity contribution in [1.82, 2.24) is 4.98 Å². The molecule has 3 rings (SSSR count). The topological polar surface area (TPSA) is 16.1 Å². The van der Waals surface area contributed by atoms with Gasteiger partial charge in [-0.15, -0.1) is 0 Å². The van der Waals surface area contributed by atoms with Crippen molar-refractivity contribution in [1.29, 1.82) is 0 Å². The molecule has 0 radical (unpaired) electrons. The maximum absolute atomic E-state index is 4.43. The zero-order valence-electron chi connectivity index (χ0n) is 10.0. The summed E-state index contributed by atoms with van der Waals surface area (Å²) in [7, 11) is 0. The first-order valence-electron chi connectivity index (χ1n) is 6.06. The van der Waals surface area contributed by atoms with Gasteiger partial charge in [-0.05, 0) is 23.8 Å². The molecule has 1 aliphatic heterocycles. The van der Waals surface area contributed by atoms with Gasteiger partial charge >= 0.3 is 0 Å². The number of aromatic nitrogens is 1. The summed E-state index contributed by atoms with van der Waals surface area (Å²) in [4.78, 5) is 6.65. The van der Waals surface area contributed by atoms with Gasteiger partial charge in [-0.2, -0.15) is 0 Å². The minimum Gasteiger partial charge on any atom is -0.322 e. The highest BCUT2D eigenvalue weighted by Gasteiger charge is 2.14. The third kappa shape index (κ3) is 2.05. The molecule has 88 valence electrons. The summed E-state index contributed by atoms with van der Waals surface area (Å²) in [6, 6.07) is 16.4. The fourth-order valence-electron chi connectivity index (χ4n) is 2.11. The quantitative estimate of drug-likeness (QED) is 0.790. The molecule has 2 heterocycles. The molecule has 1 aromatic carbocycles. The van der Waals surface area contributed by atoms with E-state index in [0.29, 0.717) is 0 Å². The van der Waals surface area contributed by atoms with Crippen molar-refractivity contribution < 1.29 is 0 Å². The van der Waals surface area contributed by atoms with E-state index in [2.05, 4.69) is 52.4 Å². The van der Waals surface area contributed by atoms with Crippen LogP contribution in [0.25, 0.3) is 5.70 Å².